The Labute approximate surface area is 114 Å². The Balaban J connectivity index is 2.13. The molecule has 1 aromatic carbocycles. The van der Waals surface area contributed by atoms with E-state index < -0.39 is 0 Å². The van der Waals surface area contributed by atoms with Crippen LogP contribution in [-0.2, 0) is 16.0 Å². The molecule has 1 amide bonds. The highest BCUT2D eigenvalue weighted by atomic mass is 79.9. The average Bonchev–Trinajstić information content (AvgIpc) is 2.63. The number of hydrogen-bond acceptors (Lipinski definition) is 2. The molecule has 1 atom stereocenters. The number of anilines is 1. The Hall–Kier alpha value is -1.42. The molecule has 4 heteroatoms. The maximum Gasteiger partial charge on any atom is 0.252 e. The molecular weight excluding hydrogens is 294 g/mol. The van der Waals surface area contributed by atoms with Gasteiger partial charge in [0.2, 0.25) is 0 Å². The number of hydrogen-bond donors (Lipinski definition) is 0. The summed E-state index contributed by atoms with van der Waals surface area (Å²) >= 11 is 3.17. The molecule has 0 aliphatic carbocycles. The number of fused-ring (bicyclic) bond motifs is 3. The number of halogens is 1. The van der Waals surface area contributed by atoms with Crippen LogP contribution in [0.1, 0.15) is 17.5 Å². The summed E-state index contributed by atoms with van der Waals surface area (Å²) in [6.07, 6.45) is 2.55. The number of benzene rings is 1. The van der Waals surface area contributed by atoms with Crippen LogP contribution in [0.2, 0.25) is 0 Å². The molecule has 0 bridgehead atoms. The van der Waals surface area contributed by atoms with Gasteiger partial charge in [-0.1, -0.05) is 18.2 Å². The molecule has 2 aliphatic heterocycles. The molecule has 3 rings (SSSR count). The minimum atomic E-state index is -0.106. The van der Waals surface area contributed by atoms with Crippen LogP contribution < -0.4 is 4.90 Å². The molecule has 2 heterocycles. The third-order valence-electron chi connectivity index (χ3n) is 3.56. The predicted octanol–water partition coefficient (Wildman–Crippen LogP) is 2.50. The number of allylic oxidation sites excluding steroid dienone is 1. The van der Waals surface area contributed by atoms with E-state index in [4.69, 9.17) is 0 Å². The number of amides is 1. The van der Waals surface area contributed by atoms with Crippen LogP contribution in [0.5, 0.6) is 0 Å². The van der Waals surface area contributed by atoms with Crippen LogP contribution >= 0.6 is 15.9 Å². The van der Waals surface area contributed by atoms with Crippen molar-refractivity contribution >= 4 is 33.3 Å². The van der Waals surface area contributed by atoms with E-state index in [-0.39, 0.29) is 17.7 Å². The first-order valence-corrected chi connectivity index (χ1v) is 6.69. The van der Waals surface area contributed by atoms with Gasteiger partial charge in [0.05, 0.1) is 10.2 Å². The first-order chi connectivity index (χ1) is 8.58. The van der Waals surface area contributed by atoms with Crippen molar-refractivity contribution in [2.24, 2.45) is 0 Å². The fourth-order valence-corrected chi connectivity index (χ4v) is 3.14. The molecule has 0 unspecified atom stereocenters. The average molecular weight is 306 g/mol. The Morgan fingerprint density at radius 2 is 2.06 bits per heavy atom. The third-order valence-corrected chi connectivity index (χ3v) is 4.23. The van der Waals surface area contributed by atoms with Crippen molar-refractivity contribution in [2.45, 2.75) is 25.8 Å². The molecule has 0 saturated heterocycles. The Morgan fingerprint density at radius 1 is 1.28 bits per heavy atom. The molecule has 0 aromatic heterocycles. The highest BCUT2D eigenvalue weighted by molar-refractivity contribution is 9.12. The number of carbonyl (C=O) groups excluding carboxylic acids is 2. The van der Waals surface area contributed by atoms with Crippen LogP contribution in [0.3, 0.4) is 0 Å². The molecular formula is C14H12BrNO2. The number of rotatable bonds is 0. The van der Waals surface area contributed by atoms with E-state index in [1.54, 1.807) is 4.90 Å². The number of Topliss-reactive ketones (excluding diaryl/α,β-unsaturated/α-hetero) is 1. The van der Waals surface area contributed by atoms with Crippen LogP contribution in [0.25, 0.3) is 0 Å². The molecule has 3 nitrogen and oxygen atoms in total. The van der Waals surface area contributed by atoms with Crippen molar-refractivity contribution in [2.75, 3.05) is 4.90 Å². The fraction of sp³-hybridized carbons (Fsp3) is 0.286. The summed E-state index contributed by atoms with van der Waals surface area (Å²) in [5.41, 5.74) is 3.23. The molecule has 2 aliphatic rings. The highest BCUT2D eigenvalue weighted by Gasteiger charge is 2.37. The van der Waals surface area contributed by atoms with E-state index in [1.165, 1.54) is 6.08 Å². The van der Waals surface area contributed by atoms with Crippen LogP contribution in [0.15, 0.2) is 28.8 Å². The van der Waals surface area contributed by atoms with E-state index in [0.717, 1.165) is 23.2 Å². The van der Waals surface area contributed by atoms with Gasteiger partial charge in [0.25, 0.3) is 5.91 Å². The van der Waals surface area contributed by atoms with Gasteiger partial charge in [-0.15, -0.1) is 0 Å². The Kier molecular flexibility index (Phi) is 2.63. The van der Waals surface area contributed by atoms with Crippen molar-refractivity contribution in [3.05, 3.63) is 39.9 Å². The van der Waals surface area contributed by atoms with E-state index in [1.807, 2.05) is 25.1 Å². The van der Waals surface area contributed by atoms with Crippen LogP contribution in [0, 0.1) is 6.92 Å². The lowest BCUT2D eigenvalue weighted by Crippen LogP contribution is -2.36. The van der Waals surface area contributed by atoms with Gasteiger partial charge in [-0.2, -0.15) is 0 Å². The first-order valence-electron chi connectivity index (χ1n) is 5.90. The van der Waals surface area contributed by atoms with Gasteiger partial charge in [-0.25, -0.2) is 0 Å². The number of ketones is 1. The van der Waals surface area contributed by atoms with Crippen molar-refractivity contribution in [1.82, 2.24) is 0 Å². The van der Waals surface area contributed by atoms with Crippen molar-refractivity contribution in [1.29, 1.82) is 0 Å². The minimum Gasteiger partial charge on any atom is -0.304 e. The summed E-state index contributed by atoms with van der Waals surface area (Å²) in [7, 11) is 0. The summed E-state index contributed by atoms with van der Waals surface area (Å²) in [5, 5.41) is 0. The van der Waals surface area contributed by atoms with E-state index in [2.05, 4.69) is 15.9 Å². The number of nitrogens with zero attached hydrogens (tertiary/aromatic N) is 1. The maximum absolute atomic E-state index is 12.2. The lowest BCUT2D eigenvalue weighted by molar-refractivity contribution is -0.115. The molecule has 0 N–H and O–H groups in total. The second-order valence-corrected chi connectivity index (χ2v) is 5.62. The Morgan fingerprint density at radius 3 is 2.83 bits per heavy atom. The molecule has 0 radical (unpaired) electrons. The zero-order valence-corrected chi connectivity index (χ0v) is 11.5. The van der Waals surface area contributed by atoms with Crippen LogP contribution in [-0.4, -0.2) is 17.7 Å². The first kappa shape index (κ1) is 11.7. The Bertz CT molecular complexity index is 591. The monoisotopic (exact) mass is 305 g/mol. The number of aryl methyl sites for hydroxylation is 1. The van der Waals surface area contributed by atoms with Gasteiger partial charge in [-0.3, -0.25) is 9.59 Å². The van der Waals surface area contributed by atoms with E-state index >= 15 is 0 Å². The largest absolute Gasteiger partial charge is 0.304 e. The normalized spacial score (nSPS) is 22.4. The van der Waals surface area contributed by atoms with Crippen molar-refractivity contribution in [3.63, 3.8) is 0 Å². The summed E-state index contributed by atoms with van der Waals surface area (Å²) in [5.74, 6) is -0.105. The number of para-hydroxylation sites is 1. The van der Waals surface area contributed by atoms with Crippen LogP contribution in [0.4, 0.5) is 5.69 Å². The second kappa shape index (κ2) is 4.05. The third kappa shape index (κ3) is 1.63. The van der Waals surface area contributed by atoms with Gasteiger partial charge < -0.3 is 4.90 Å². The fourth-order valence-electron chi connectivity index (χ4n) is 2.78. The van der Waals surface area contributed by atoms with Crippen molar-refractivity contribution in [3.8, 4) is 0 Å². The molecule has 0 fully saturated rings. The zero-order valence-electron chi connectivity index (χ0n) is 9.94. The smallest absolute Gasteiger partial charge is 0.252 e. The quantitative estimate of drug-likeness (QED) is 0.738. The van der Waals surface area contributed by atoms with E-state index in [0.29, 0.717) is 10.9 Å². The van der Waals surface area contributed by atoms with Gasteiger partial charge in [-0.05, 0) is 40.4 Å². The second-order valence-electron chi connectivity index (χ2n) is 4.77. The topological polar surface area (TPSA) is 37.4 Å². The molecule has 1 aromatic rings. The minimum absolute atomic E-state index is 0.00121. The number of carbonyl (C=O) groups is 2. The van der Waals surface area contributed by atoms with Gasteiger partial charge >= 0.3 is 0 Å². The highest BCUT2D eigenvalue weighted by Crippen LogP contribution is 2.38. The van der Waals surface area contributed by atoms with Gasteiger partial charge in [0, 0.05) is 18.5 Å². The van der Waals surface area contributed by atoms with Gasteiger partial charge in [0.15, 0.2) is 5.78 Å². The predicted molar refractivity (Wildman–Crippen MR) is 72.8 cm³/mol. The maximum atomic E-state index is 12.2. The summed E-state index contributed by atoms with van der Waals surface area (Å²) < 4.78 is 0.386. The standard InChI is InChI=1S/C14H12BrNO2/c1-8-3-2-4-9-5-10-6-12(17)11(15)7-13(18)16(10)14(8)9/h2-4,7,10H,5-6H2,1H3/t10-/m1/s1. The zero-order chi connectivity index (χ0) is 12.9. The summed E-state index contributed by atoms with van der Waals surface area (Å²) in [6.45, 7) is 2.00. The molecule has 0 saturated carbocycles. The van der Waals surface area contributed by atoms with E-state index in [9.17, 15) is 9.59 Å². The molecule has 18 heavy (non-hydrogen) atoms. The molecule has 0 spiro atoms. The molecule has 92 valence electrons. The lowest BCUT2D eigenvalue weighted by atomic mass is 10.0. The van der Waals surface area contributed by atoms with Gasteiger partial charge in [0.1, 0.15) is 0 Å². The van der Waals surface area contributed by atoms with Crippen molar-refractivity contribution < 1.29 is 9.59 Å². The summed E-state index contributed by atoms with van der Waals surface area (Å²) in [6, 6.07) is 6.00. The SMILES string of the molecule is Cc1cccc2c1N1C(=O)C=C(Br)C(=O)C[C@H]1C2. The summed E-state index contributed by atoms with van der Waals surface area (Å²) in [4.78, 5) is 25.9. The lowest BCUT2D eigenvalue weighted by Gasteiger charge is -2.23.